The predicted molar refractivity (Wildman–Crippen MR) is 78.2 cm³/mol. The largest absolute Gasteiger partial charge is 0.494 e. The van der Waals surface area contributed by atoms with Crippen LogP contribution in [0.3, 0.4) is 0 Å². The van der Waals surface area contributed by atoms with Crippen LogP contribution in [0.25, 0.3) is 0 Å². The highest BCUT2D eigenvalue weighted by Gasteiger charge is 2.38. The zero-order chi connectivity index (χ0) is 15.2. The molecule has 2 rings (SSSR count). The molecule has 0 unspecified atom stereocenters. The lowest BCUT2D eigenvalue weighted by molar-refractivity contribution is -0.139. The Morgan fingerprint density at radius 2 is 2.00 bits per heavy atom. The first-order valence-corrected chi connectivity index (χ1v) is 6.98. The van der Waals surface area contributed by atoms with Crippen molar-refractivity contribution in [1.82, 2.24) is 4.90 Å². The molecule has 1 heterocycles. The molecule has 0 aromatic heterocycles. The third-order valence-corrected chi connectivity index (χ3v) is 3.27. The molecule has 1 N–H and O–H groups in total. The molecular weight excluding hydrogens is 272 g/mol. The van der Waals surface area contributed by atoms with E-state index in [2.05, 4.69) is 5.32 Å². The van der Waals surface area contributed by atoms with Crippen molar-refractivity contribution >= 4 is 17.5 Å². The number of benzene rings is 1. The van der Waals surface area contributed by atoms with Gasteiger partial charge in [-0.05, 0) is 31.2 Å². The van der Waals surface area contributed by atoms with Crippen molar-refractivity contribution in [3.05, 3.63) is 24.3 Å². The number of imide groups is 1. The van der Waals surface area contributed by atoms with Gasteiger partial charge in [-0.1, -0.05) is 0 Å². The van der Waals surface area contributed by atoms with E-state index in [-0.39, 0.29) is 18.2 Å². The summed E-state index contributed by atoms with van der Waals surface area (Å²) in [5.74, 6) is 0.407. The van der Waals surface area contributed by atoms with Gasteiger partial charge in [0.15, 0.2) is 0 Å². The van der Waals surface area contributed by atoms with Crippen molar-refractivity contribution in [2.45, 2.75) is 19.4 Å². The average Bonchev–Trinajstić information content (AvgIpc) is 2.74. The van der Waals surface area contributed by atoms with Gasteiger partial charge in [0.1, 0.15) is 11.8 Å². The van der Waals surface area contributed by atoms with Gasteiger partial charge >= 0.3 is 0 Å². The van der Waals surface area contributed by atoms with E-state index in [0.29, 0.717) is 19.8 Å². The van der Waals surface area contributed by atoms with E-state index in [0.717, 1.165) is 11.4 Å². The summed E-state index contributed by atoms with van der Waals surface area (Å²) in [6.45, 7) is 3.18. The molecule has 6 nitrogen and oxygen atoms in total. The summed E-state index contributed by atoms with van der Waals surface area (Å²) in [7, 11) is 1.54. The number of carbonyl (C=O) groups is 2. The smallest absolute Gasteiger partial charge is 0.252 e. The molecule has 0 aliphatic carbocycles. The fraction of sp³-hybridized carbons (Fsp3) is 0.467. The van der Waals surface area contributed by atoms with Gasteiger partial charge in [0, 0.05) is 12.8 Å². The zero-order valence-electron chi connectivity index (χ0n) is 12.3. The number of carbonyl (C=O) groups excluding carboxylic acids is 2. The molecule has 1 atom stereocenters. The minimum Gasteiger partial charge on any atom is -0.494 e. The molecule has 1 aromatic carbocycles. The first kappa shape index (κ1) is 15.3. The molecule has 0 radical (unpaired) electrons. The summed E-state index contributed by atoms with van der Waals surface area (Å²) in [6.07, 6.45) is 0.176. The molecular formula is C15H20N2O4. The predicted octanol–water partition coefficient (Wildman–Crippen LogP) is 1.27. The molecule has 0 spiro atoms. The highest BCUT2D eigenvalue weighted by atomic mass is 16.5. The maximum atomic E-state index is 12.2. The van der Waals surface area contributed by atoms with Crippen LogP contribution in [0, 0.1) is 0 Å². The third-order valence-electron chi connectivity index (χ3n) is 3.27. The van der Waals surface area contributed by atoms with Crippen molar-refractivity contribution < 1.29 is 19.1 Å². The second-order valence-corrected chi connectivity index (χ2v) is 4.73. The fourth-order valence-corrected chi connectivity index (χ4v) is 2.23. The minimum atomic E-state index is -0.507. The Bertz CT molecular complexity index is 501. The summed E-state index contributed by atoms with van der Waals surface area (Å²) in [5, 5.41) is 3.09. The van der Waals surface area contributed by atoms with Gasteiger partial charge in [-0.25, -0.2) is 0 Å². The first-order valence-electron chi connectivity index (χ1n) is 6.98. The number of nitrogens with one attached hydrogen (secondary N) is 1. The van der Waals surface area contributed by atoms with E-state index in [1.54, 1.807) is 7.11 Å². The van der Waals surface area contributed by atoms with Gasteiger partial charge in [-0.2, -0.15) is 0 Å². The van der Waals surface area contributed by atoms with E-state index < -0.39 is 6.04 Å². The number of hydrogen-bond donors (Lipinski definition) is 1. The SMILES string of the molecule is CCOc1ccc(N[C@@H]2CC(=O)N(CCOC)C2=O)cc1. The molecule has 1 aliphatic heterocycles. The monoisotopic (exact) mass is 292 g/mol. The van der Waals surface area contributed by atoms with Crippen LogP contribution in [0.2, 0.25) is 0 Å². The van der Waals surface area contributed by atoms with E-state index in [4.69, 9.17) is 9.47 Å². The van der Waals surface area contributed by atoms with E-state index in [1.165, 1.54) is 4.90 Å². The minimum absolute atomic E-state index is 0.166. The van der Waals surface area contributed by atoms with Crippen LogP contribution in [-0.2, 0) is 14.3 Å². The topological polar surface area (TPSA) is 67.9 Å². The zero-order valence-corrected chi connectivity index (χ0v) is 12.3. The summed E-state index contributed by atoms with van der Waals surface area (Å²) in [5.41, 5.74) is 0.790. The maximum Gasteiger partial charge on any atom is 0.252 e. The van der Waals surface area contributed by atoms with Gasteiger partial charge in [-0.3, -0.25) is 14.5 Å². The van der Waals surface area contributed by atoms with Gasteiger partial charge < -0.3 is 14.8 Å². The molecule has 2 amide bonds. The van der Waals surface area contributed by atoms with Gasteiger partial charge in [-0.15, -0.1) is 0 Å². The van der Waals surface area contributed by atoms with Crippen molar-refractivity contribution in [1.29, 1.82) is 0 Å². The van der Waals surface area contributed by atoms with Crippen molar-refractivity contribution in [2.24, 2.45) is 0 Å². The molecule has 1 fully saturated rings. The van der Waals surface area contributed by atoms with E-state index in [1.807, 2.05) is 31.2 Å². The van der Waals surface area contributed by atoms with Gasteiger partial charge in [0.2, 0.25) is 5.91 Å². The average molecular weight is 292 g/mol. The number of amides is 2. The Hall–Kier alpha value is -2.08. The molecule has 1 saturated heterocycles. The lowest BCUT2D eigenvalue weighted by Gasteiger charge is -2.15. The van der Waals surface area contributed by atoms with Crippen LogP contribution >= 0.6 is 0 Å². The number of nitrogens with zero attached hydrogens (tertiary/aromatic N) is 1. The van der Waals surface area contributed by atoms with E-state index in [9.17, 15) is 9.59 Å². The van der Waals surface area contributed by atoms with Crippen LogP contribution in [0.5, 0.6) is 5.75 Å². The number of rotatable bonds is 7. The van der Waals surface area contributed by atoms with Crippen LogP contribution in [0.15, 0.2) is 24.3 Å². The molecule has 1 aromatic rings. The Morgan fingerprint density at radius 1 is 1.29 bits per heavy atom. The number of methoxy groups -OCH3 is 1. The number of ether oxygens (including phenoxy) is 2. The number of hydrogen-bond acceptors (Lipinski definition) is 5. The van der Waals surface area contributed by atoms with Crippen molar-refractivity contribution in [3.8, 4) is 5.75 Å². The Labute approximate surface area is 124 Å². The van der Waals surface area contributed by atoms with Crippen LogP contribution < -0.4 is 10.1 Å². The second kappa shape index (κ2) is 7.08. The molecule has 1 aliphatic rings. The molecule has 6 heteroatoms. The standard InChI is InChI=1S/C15H20N2O4/c1-3-21-12-6-4-11(5-7-12)16-13-10-14(18)17(15(13)19)8-9-20-2/h4-7,13,16H,3,8-10H2,1-2H3/t13-/m1/s1. The highest BCUT2D eigenvalue weighted by molar-refractivity contribution is 6.06. The Kier molecular flexibility index (Phi) is 5.16. The quantitative estimate of drug-likeness (QED) is 0.767. The van der Waals surface area contributed by atoms with Crippen molar-refractivity contribution in [3.63, 3.8) is 0 Å². The second-order valence-electron chi connectivity index (χ2n) is 4.73. The summed E-state index contributed by atoms with van der Waals surface area (Å²) >= 11 is 0. The Morgan fingerprint density at radius 3 is 2.62 bits per heavy atom. The Balaban J connectivity index is 1.96. The first-order chi connectivity index (χ1) is 10.2. The van der Waals surface area contributed by atoms with Crippen LogP contribution in [0.4, 0.5) is 5.69 Å². The van der Waals surface area contributed by atoms with Crippen LogP contribution in [0.1, 0.15) is 13.3 Å². The summed E-state index contributed by atoms with van der Waals surface area (Å²) < 4.78 is 10.3. The van der Waals surface area contributed by atoms with E-state index >= 15 is 0 Å². The molecule has 21 heavy (non-hydrogen) atoms. The lowest BCUT2D eigenvalue weighted by atomic mass is 10.2. The summed E-state index contributed by atoms with van der Waals surface area (Å²) in [6, 6.07) is 6.82. The highest BCUT2D eigenvalue weighted by Crippen LogP contribution is 2.20. The number of anilines is 1. The lowest BCUT2D eigenvalue weighted by Crippen LogP contribution is -2.36. The van der Waals surface area contributed by atoms with Gasteiger partial charge in [0.25, 0.3) is 5.91 Å². The van der Waals surface area contributed by atoms with Crippen LogP contribution in [-0.4, -0.2) is 49.6 Å². The normalized spacial score (nSPS) is 18.2. The number of likely N-dealkylation sites (tertiary alicyclic amines) is 1. The molecule has 114 valence electrons. The molecule has 0 bridgehead atoms. The fourth-order valence-electron chi connectivity index (χ4n) is 2.23. The maximum absolute atomic E-state index is 12.2. The van der Waals surface area contributed by atoms with Gasteiger partial charge in [0.05, 0.1) is 26.2 Å². The summed E-state index contributed by atoms with van der Waals surface area (Å²) in [4.78, 5) is 25.2. The third kappa shape index (κ3) is 3.72. The molecule has 0 saturated carbocycles. The van der Waals surface area contributed by atoms with Crippen molar-refractivity contribution in [2.75, 3.05) is 32.2 Å².